The van der Waals surface area contributed by atoms with E-state index in [1.807, 2.05) is 0 Å². The van der Waals surface area contributed by atoms with Crippen LogP contribution in [0.5, 0.6) is 0 Å². The third-order valence-corrected chi connectivity index (χ3v) is 7.83. The molecule has 1 atom stereocenters. The van der Waals surface area contributed by atoms with Gasteiger partial charge in [-0.05, 0) is 32.3 Å². The maximum atomic E-state index is 13.1. The summed E-state index contributed by atoms with van der Waals surface area (Å²) in [5, 5.41) is 3.96. The molecule has 1 saturated carbocycles. The number of rotatable bonds is 4. The van der Waals surface area contributed by atoms with Crippen LogP contribution in [0, 0.1) is 0 Å². The van der Waals surface area contributed by atoms with Crippen molar-refractivity contribution in [2.75, 3.05) is 0 Å². The fraction of sp³-hybridized carbons (Fsp3) is 0.565. The van der Waals surface area contributed by atoms with Crippen LogP contribution in [-0.2, 0) is 29.1 Å². The van der Waals surface area contributed by atoms with Crippen LogP contribution in [0.1, 0.15) is 63.6 Å². The lowest BCUT2D eigenvalue weighted by molar-refractivity contribution is -0.122. The number of nitrogens with zero attached hydrogens (tertiary/aromatic N) is 3. The summed E-state index contributed by atoms with van der Waals surface area (Å²) < 4.78 is 8.02. The SMILES string of the molecule is CCC1(C)Cc2nc3sc4c(=O)n(CC(=O)NC5CCCCC5)cnc4c3cc2CO1. The van der Waals surface area contributed by atoms with Crippen molar-refractivity contribution in [1.29, 1.82) is 0 Å². The van der Waals surface area contributed by atoms with Crippen LogP contribution < -0.4 is 10.9 Å². The Kier molecular flexibility index (Phi) is 5.30. The maximum absolute atomic E-state index is 13.1. The lowest BCUT2D eigenvalue weighted by Gasteiger charge is -2.33. The minimum absolute atomic E-state index is 0.000851. The van der Waals surface area contributed by atoms with Gasteiger partial charge in [0.25, 0.3) is 5.56 Å². The fourth-order valence-corrected chi connectivity index (χ4v) is 5.70. The van der Waals surface area contributed by atoms with E-state index in [4.69, 9.17) is 9.72 Å². The number of fused-ring (bicyclic) bond motifs is 4. The molecule has 0 radical (unpaired) electrons. The number of hydrogen-bond acceptors (Lipinski definition) is 6. The van der Waals surface area contributed by atoms with E-state index < -0.39 is 0 Å². The molecule has 4 heterocycles. The van der Waals surface area contributed by atoms with Crippen molar-refractivity contribution in [2.24, 2.45) is 0 Å². The number of thiophene rings is 1. The molecular formula is C23H28N4O3S. The quantitative estimate of drug-likeness (QED) is 0.669. The maximum Gasteiger partial charge on any atom is 0.271 e. The molecule has 164 valence electrons. The highest BCUT2D eigenvalue weighted by molar-refractivity contribution is 7.25. The molecule has 1 aliphatic heterocycles. The van der Waals surface area contributed by atoms with E-state index in [0.29, 0.717) is 16.8 Å². The first-order valence-corrected chi connectivity index (χ1v) is 12.0. The predicted octanol–water partition coefficient (Wildman–Crippen LogP) is 3.70. The standard InChI is InChI=1S/C23H28N4O3S/c1-3-23(2)10-17-14(12-30-23)9-16-19-20(31-21(16)26-17)22(29)27(13-24-19)11-18(28)25-15-7-5-4-6-8-15/h9,13,15H,3-8,10-12H2,1-2H3,(H,25,28). The second-order valence-electron chi connectivity index (χ2n) is 9.08. The normalized spacial score (nSPS) is 22.0. The number of ether oxygens (including phenoxy) is 1. The van der Waals surface area contributed by atoms with Crippen molar-refractivity contribution in [3.8, 4) is 0 Å². The molecule has 31 heavy (non-hydrogen) atoms. The zero-order valence-corrected chi connectivity index (χ0v) is 18.9. The molecule has 1 fully saturated rings. The summed E-state index contributed by atoms with van der Waals surface area (Å²) in [4.78, 5) is 35.8. The Balaban J connectivity index is 1.45. The van der Waals surface area contributed by atoms with Crippen LogP contribution in [0.2, 0.25) is 0 Å². The Bertz CT molecular complexity index is 1210. The molecule has 1 amide bonds. The summed E-state index contributed by atoms with van der Waals surface area (Å²) in [5.41, 5.74) is 2.39. The van der Waals surface area contributed by atoms with Gasteiger partial charge >= 0.3 is 0 Å². The van der Waals surface area contributed by atoms with Gasteiger partial charge in [0.1, 0.15) is 16.1 Å². The molecule has 1 unspecified atom stereocenters. The highest BCUT2D eigenvalue weighted by atomic mass is 32.1. The van der Waals surface area contributed by atoms with Gasteiger partial charge in [0.2, 0.25) is 5.91 Å². The van der Waals surface area contributed by atoms with Gasteiger partial charge in [0, 0.05) is 23.4 Å². The summed E-state index contributed by atoms with van der Waals surface area (Å²) in [7, 11) is 0. The summed E-state index contributed by atoms with van der Waals surface area (Å²) in [6.45, 7) is 4.77. The number of aromatic nitrogens is 3. The largest absolute Gasteiger partial charge is 0.370 e. The van der Waals surface area contributed by atoms with Crippen molar-refractivity contribution < 1.29 is 9.53 Å². The second kappa shape index (κ2) is 7.98. The first kappa shape index (κ1) is 20.6. The van der Waals surface area contributed by atoms with E-state index >= 15 is 0 Å². The smallest absolute Gasteiger partial charge is 0.271 e. The van der Waals surface area contributed by atoms with Crippen molar-refractivity contribution in [3.63, 3.8) is 0 Å². The van der Waals surface area contributed by atoms with Gasteiger partial charge in [-0.1, -0.05) is 26.2 Å². The van der Waals surface area contributed by atoms with Crippen molar-refractivity contribution in [1.82, 2.24) is 19.9 Å². The van der Waals surface area contributed by atoms with Gasteiger partial charge < -0.3 is 10.1 Å². The number of pyridine rings is 1. The molecule has 0 bridgehead atoms. The van der Waals surface area contributed by atoms with E-state index in [0.717, 1.165) is 60.0 Å². The minimum Gasteiger partial charge on any atom is -0.370 e. The molecule has 3 aromatic heterocycles. The molecule has 1 aliphatic carbocycles. The summed E-state index contributed by atoms with van der Waals surface area (Å²) in [5.74, 6) is -0.124. The summed E-state index contributed by atoms with van der Waals surface area (Å²) in [6, 6.07) is 2.29. The fourth-order valence-electron chi connectivity index (χ4n) is 4.62. The van der Waals surface area contributed by atoms with Crippen LogP contribution in [0.3, 0.4) is 0 Å². The molecule has 3 aromatic rings. The molecule has 0 saturated heterocycles. The zero-order valence-electron chi connectivity index (χ0n) is 18.1. The topological polar surface area (TPSA) is 86.1 Å². The van der Waals surface area contributed by atoms with E-state index in [1.165, 1.54) is 28.7 Å². The average Bonchev–Trinajstić information content (AvgIpc) is 3.13. The predicted molar refractivity (Wildman–Crippen MR) is 121 cm³/mol. The lowest BCUT2D eigenvalue weighted by atomic mass is 9.91. The van der Waals surface area contributed by atoms with Crippen LogP contribution in [0.15, 0.2) is 17.2 Å². The van der Waals surface area contributed by atoms with Crippen molar-refractivity contribution in [2.45, 2.75) is 83.6 Å². The van der Waals surface area contributed by atoms with E-state index in [2.05, 4.69) is 30.2 Å². The highest BCUT2D eigenvalue weighted by Gasteiger charge is 2.31. The molecule has 5 rings (SSSR count). The first-order chi connectivity index (χ1) is 15.0. The van der Waals surface area contributed by atoms with Gasteiger partial charge in [0.15, 0.2) is 0 Å². The molecule has 2 aliphatic rings. The number of hydrogen-bond donors (Lipinski definition) is 1. The number of amides is 1. The average molecular weight is 441 g/mol. The van der Waals surface area contributed by atoms with E-state index in [1.54, 1.807) is 0 Å². The lowest BCUT2D eigenvalue weighted by Crippen LogP contribution is -2.39. The van der Waals surface area contributed by atoms with Gasteiger partial charge in [-0.2, -0.15) is 0 Å². The molecule has 0 aromatic carbocycles. The number of nitrogens with one attached hydrogen (secondary N) is 1. The second-order valence-corrected chi connectivity index (χ2v) is 10.1. The van der Waals surface area contributed by atoms with E-state index in [9.17, 15) is 9.59 Å². The Morgan fingerprint density at radius 2 is 2.16 bits per heavy atom. The molecule has 7 nitrogen and oxygen atoms in total. The Hall–Kier alpha value is -2.32. The van der Waals surface area contributed by atoms with Crippen molar-refractivity contribution in [3.05, 3.63) is 34.0 Å². The molecule has 0 spiro atoms. The van der Waals surface area contributed by atoms with Crippen LogP contribution >= 0.6 is 11.3 Å². The van der Waals surface area contributed by atoms with Gasteiger partial charge in [0.05, 0.1) is 29.7 Å². The van der Waals surface area contributed by atoms with Crippen LogP contribution in [-0.4, -0.2) is 32.1 Å². The van der Waals surface area contributed by atoms with Crippen LogP contribution in [0.25, 0.3) is 20.4 Å². The molecular weight excluding hydrogens is 412 g/mol. The van der Waals surface area contributed by atoms with Gasteiger partial charge in [-0.3, -0.25) is 14.2 Å². The molecule has 8 heteroatoms. The highest BCUT2D eigenvalue weighted by Crippen LogP contribution is 2.35. The summed E-state index contributed by atoms with van der Waals surface area (Å²) >= 11 is 1.37. The third-order valence-electron chi connectivity index (χ3n) is 6.76. The van der Waals surface area contributed by atoms with Gasteiger partial charge in [-0.25, -0.2) is 9.97 Å². The third kappa shape index (κ3) is 3.87. The zero-order chi connectivity index (χ0) is 21.6. The monoisotopic (exact) mass is 440 g/mol. The number of carbonyl (C=O) groups is 1. The number of carbonyl (C=O) groups excluding carboxylic acids is 1. The van der Waals surface area contributed by atoms with Crippen molar-refractivity contribution >= 4 is 37.7 Å². The van der Waals surface area contributed by atoms with E-state index in [-0.39, 0.29) is 29.7 Å². The Morgan fingerprint density at radius 1 is 1.35 bits per heavy atom. The minimum atomic E-state index is -0.193. The van der Waals surface area contributed by atoms with Crippen LogP contribution in [0.4, 0.5) is 0 Å². The summed E-state index contributed by atoms with van der Waals surface area (Å²) in [6.07, 6.45) is 8.76. The molecule has 1 N–H and O–H groups in total. The first-order valence-electron chi connectivity index (χ1n) is 11.2. The van der Waals surface area contributed by atoms with Gasteiger partial charge in [-0.15, -0.1) is 11.3 Å². The Labute approximate surface area is 184 Å². The Morgan fingerprint density at radius 3 is 2.94 bits per heavy atom.